The van der Waals surface area contributed by atoms with Gasteiger partial charge in [0, 0.05) is 57.9 Å². The molecule has 0 saturated carbocycles. The molecule has 2 saturated heterocycles. The van der Waals surface area contributed by atoms with Crippen molar-refractivity contribution in [2.75, 3.05) is 18.0 Å². The summed E-state index contributed by atoms with van der Waals surface area (Å²) >= 11 is 0. The zero-order valence-electron chi connectivity index (χ0n) is 8.50. The standard InChI is InChI=1S/C10H13N3P.Y/c14-13-7-9-4-10(13)6-12(9)8-2-1-3-11-5-8;/h1-2,5,9-10H,4,6-7,14H2;/q-1;. The molecule has 1 aromatic heterocycles. The van der Waals surface area contributed by atoms with Crippen LogP contribution in [0.2, 0.25) is 0 Å². The van der Waals surface area contributed by atoms with Gasteiger partial charge in [0.2, 0.25) is 0 Å². The maximum Gasteiger partial charge on any atom is 0.0415 e. The van der Waals surface area contributed by atoms with Gasteiger partial charge in [-0.25, -0.2) is 0 Å². The van der Waals surface area contributed by atoms with Crippen molar-refractivity contribution in [1.29, 1.82) is 0 Å². The first-order valence-corrected chi connectivity index (χ1v) is 5.46. The molecule has 3 heterocycles. The van der Waals surface area contributed by atoms with E-state index < -0.39 is 0 Å². The van der Waals surface area contributed by atoms with E-state index in [4.69, 9.17) is 0 Å². The first-order chi connectivity index (χ1) is 6.84. The Kier molecular flexibility index (Phi) is 3.77. The predicted octanol–water partition coefficient (Wildman–Crippen LogP) is 0.932. The molecular weight excluding hydrogens is 282 g/mol. The number of nitrogens with zero attached hydrogens (tertiary/aromatic N) is 3. The third-order valence-electron chi connectivity index (χ3n) is 3.21. The molecule has 15 heavy (non-hydrogen) atoms. The number of fused-ring (bicyclic) bond motifs is 2. The van der Waals surface area contributed by atoms with Crippen LogP contribution in [0.4, 0.5) is 5.69 Å². The number of aromatic nitrogens is 1. The summed E-state index contributed by atoms with van der Waals surface area (Å²) in [6.45, 7) is 2.30. The summed E-state index contributed by atoms with van der Waals surface area (Å²) in [4.78, 5) is 6.51. The Bertz CT molecular complexity index is 333. The molecule has 3 rings (SSSR count). The van der Waals surface area contributed by atoms with Crippen LogP contribution in [0.3, 0.4) is 0 Å². The molecule has 0 N–H and O–H groups in total. The Morgan fingerprint density at radius 2 is 2.27 bits per heavy atom. The molecule has 0 aliphatic carbocycles. The molecule has 3 atom stereocenters. The van der Waals surface area contributed by atoms with E-state index in [0.717, 1.165) is 13.1 Å². The van der Waals surface area contributed by atoms with Crippen LogP contribution in [-0.2, 0) is 32.7 Å². The van der Waals surface area contributed by atoms with Gasteiger partial charge >= 0.3 is 0 Å². The molecule has 5 heteroatoms. The summed E-state index contributed by atoms with van der Waals surface area (Å²) < 4.78 is 2.38. The predicted molar refractivity (Wildman–Crippen MR) is 59.0 cm³/mol. The van der Waals surface area contributed by atoms with E-state index in [2.05, 4.69) is 36.2 Å². The maximum atomic E-state index is 4.05. The van der Waals surface area contributed by atoms with Crippen LogP contribution in [0.25, 0.3) is 0 Å². The number of hydrogen-bond donors (Lipinski definition) is 0. The molecule has 3 unspecified atom stereocenters. The van der Waals surface area contributed by atoms with Crippen molar-refractivity contribution in [3.05, 3.63) is 24.5 Å². The molecular formula is C10H13N3PY-. The quantitative estimate of drug-likeness (QED) is 0.568. The summed E-state index contributed by atoms with van der Waals surface area (Å²) in [6.07, 6.45) is 6.02. The van der Waals surface area contributed by atoms with Crippen LogP contribution in [0.5, 0.6) is 0 Å². The topological polar surface area (TPSA) is 19.4 Å². The van der Waals surface area contributed by atoms with Crippen molar-refractivity contribution in [3.8, 4) is 0 Å². The van der Waals surface area contributed by atoms with E-state index in [1.807, 2.05) is 12.3 Å². The molecule has 1 aromatic rings. The van der Waals surface area contributed by atoms with Crippen LogP contribution in [0, 0.1) is 6.20 Å². The molecule has 3 nitrogen and oxygen atoms in total. The van der Waals surface area contributed by atoms with E-state index in [-0.39, 0.29) is 32.7 Å². The molecule has 0 spiro atoms. The van der Waals surface area contributed by atoms with E-state index in [0.29, 0.717) is 12.1 Å². The van der Waals surface area contributed by atoms with Crippen LogP contribution in [-0.4, -0.2) is 34.8 Å². The minimum absolute atomic E-state index is 0. The molecule has 77 valence electrons. The number of anilines is 1. The van der Waals surface area contributed by atoms with Crippen LogP contribution in [0.1, 0.15) is 6.42 Å². The first kappa shape index (κ1) is 11.9. The maximum absolute atomic E-state index is 4.05. The van der Waals surface area contributed by atoms with Crippen LogP contribution in [0.15, 0.2) is 18.3 Å². The van der Waals surface area contributed by atoms with Gasteiger partial charge < -0.3 is 9.88 Å². The fourth-order valence-electron chi connectivity index (χ4n) is 2.50. The Hall–Kier alpha value is 0.444. The third-order valence-corrected chi connectivity index (χ3v) is 3.85. The van der Waals surface area contributed by atoms with Crippen molar-refractivity contribution < 1.29 is 32.7 Å². The van der Waals surface area contributed by atoms with Gasteiger partial charge in [0.15, 0.2) is 0 Å². The second-order valence-electron chi connectivity index (χ2n) is 4.04. The number of hydrogen-bond acceptors (Lipinski definition) is 3. The van der Waals surface area contributed by atoms with Crippen LogP contribution < -0.4 is 4.90 Å². The van der Waals surface area contributed by atoms with E-state index in [1.165, 1.54) is 12.1 Å². The van der Waals surface area contributed by atoms with Crippen molar-refractivity contribution in [2.45, 2.75) is 18.5 Å². The second kappa shape index (κ2) is 4.75. The van der Waals surface area contributed by atoms with Gasteiger partial charge in [0.25, 0.3) is 0 Å². The number of pyridine rings is 1. The smallest absolute Gasteiger partial charge is 0.0415 e. The average molecular weight is 295 g/mol. The Morgan fingerprint density at radius 3 is 2.80 bits per heavy atom. The summed E-state index contributed by atoms with van der Waals surface area (Å²) in [5.74, 6) is 0. The minimum atomic E-state index is 0. The summed E-state index contributed by atoms with van der Waals surface area (Å²) in [5.41, 5.74) is 1.24. The fraction of sp³-hybridized carbons (Fsp3) is 0.500. The van der Waals surface area contributed by atoms with Crippen molar-refractivity contribution >= 4 is 15.1 Å². The van der Waals surface area contributed by atoms with Gasteiger partial charge in [0.1, 0.15) is 0 Å². The molecule has 2 bridgehead atoms. The Labute approximate surface area is 118 Å². The van der Waals surface area contributed by atoms with Gasteiger partial charge in [-0.3, -0.25) is 4.67 Å². The zero-order valence-corrected chi connectivity index (χ0v) is 12.5. The molecule has 0 aromatic carbocycles. The van der Waals surface area contributed by atoms with Gasteiger partial charge in [-0.1, -0.05) is 27.5 Å². The molecule has 2 aliphatic heterocycles. The van der Waals surface area contributed by atoms with Gasteiger partial charge in [-0.15, -0.1) is 6.07 Å². The molecule has 2 fully saturated rings. The van der Waals surface area contributed by atoms with Crippen molar-refractivity contribution in [1.82, 2.24) is 9.65 Å². The number of rotatable bonds is 1. The summed E-state index contributed by atoms with van der Waals surface area (Å²) in [5, 5.41) is 0. The molecule has 1 radical (unpaired) electrons. The Morgan fingerprint density at radius 1 is 1.40 bits per heavy atom. The first-order valence-electron chi connectivity index (χ1n) is 4.94. The van der Waals surface area contributed by atoms with Crippen molar-refractivity contribution in [3.63, 3.8) is 0 Å². The van der Waals surface area contributed by atoms with Crippen molar-refractivity contribution in [2.24, 2.45) is 0 Å². The second-order valence-corrected chi connectivity index (χ2v) is 4.70. The fourth-order valence-corrected chi connectivity index (χ4v) is 2.96. The minimum Gasteiger partial charge on any atom is -0.392 e. The van der Waals surface area contributed by atoms with Gasteiger partial charge in [-0.05, 0) is 6.42 Å². The third kappa shape index (κ3) is 2.12. The number of piperazine rings is 1. The normalized spacial score (nSPS) is 29.3. The molecule has 2 aliphatic rings. The summed E-state index contributed by atoms with van der Waals surface area (Å²) in [6, 6.07) is 5.39. The van der Waals surface area contributed by atoms with E-state index in [9.17, 15) is 0 Å². The Balaban J connectivity index is 0.000000853. The average Bonchev–Trinajstić information content (AvgIpc) is 2.77. The van der Waals surface area contributed by atoms with Crippen LogP contribution >= 0.6 is 9.39 Å². The SMILES string of the molecule is PN1CC2CC1CN2c1cc[c-]nc1.[Y]. The monoisotopic (exact) mass is 295 g/mol. The van der Waals surface area contributed by atoms with E-state index in [1.54, 1.807) is 0 Å². The zero-order chi connectivity index (χ0) is 9.54. The summed E-state index contributed by atoms with van der Waals surface area (Å²) in [7, 11) is 2.83. The van der Waals surface area contributed by atoms with Gasteiger partial charge in [0.05, 0.1) is 0 Å². The largest absolute Gasteiger partial charge is 0.392 e. The van der Waals surface area contributed by atoms with E-state index >= 15 is 0 Å². The van der Waals surface area contributed by atoms with Gasteiger partial charge in [-0.2, -0.15) is 6.07 Å². The molecule has 0 amide bonds.